The van der Waals surface area contributed by atoms with Crippen LogP contribution in [-0.4, -0.2) is 21.9 Å². The summed E-state index contributed by atoms with van der Waals surface area (Å²) in [5.41, 5.74) is 5.00. The van der Waals surface area contributed by atoms with Crippen molar-refractivity contribution in [2.24, 2.45) is 0 Å². The lowest BCUT2D eigenvalue weighted by atomic mass is 10.1. The molecule has 0 fully saturated rings. The number of carbonyl (C=O) groups is 1. The van der Waals surface area contributed by atoms with Crippen LogP contribution in [0.1, 0.15) is 41.2 Å². The standard InChI is InChI=1S/C20H23N3O2/c1-5-15-18(20(24)22-16-10-9-13(3)12-14(16)4)23-11-7-8-17(25-6-2)19(23)21-15/h7-12H,5-6H2,1-4H3,(H,22,24). The highest BCUT2D eigenvalue weighted by Crippen LogP contribution is 2.24. The van der Waals surface area contributed by atoms with Gasteiger partial charge in [0.15, 0.2) is 11.4 Å². The molecule has 1 N–H and O–H groups in total. The summed E-state index contributed by atoms with van der Waals surface area (Å²) in [4.78, 5) is 17.6. The number of hydrogen-bond acceptors (Lipinski definition) is 3. The molecule has 0 spiro atoms. The van der Waals surface area contributed by atoms with Crippen LogP contribution in [0.25, 0.3) is 5.65 Å². The second-order valence-corrected chi connectivity index (χ2v) is 6.03. The molecule has 0 bridgehead atoms. The Morgan fingerprint density at radius 2 is 2.04 bits per heavy atom. The zero-order valence-electron chi connectivity index (χ0n) is 15.1. The van der Waals surface area contributed by atoms with Crippen LogP contribution in [0.2, 0.25) is 0 Å². The van der Waals surface area contributed by atoms with Gasteiger partial charge in [-0.15, -0.1) is 0 Å². The minimum absolute atomic E-state index is 0.162. The van der Waals surface area contributed by atoms with Crippen molar-refractivity contribution in [3.63, 3.8) is 0 Å². The molecule has 1 amide bonds. The Morgan fingerprint density at radius 3 is 2.72 bits per heavy atom. The summed E-state index contributed by atoms with van der Waals surface area (Å²) >= 11 is 0. The molecule has 0 aliphatic carbocycles. The lowest BCUT2D eigenvalue weighted by molar-refractivity contribution is 0.102. The lowest BCUT2D eigenvalue weighted by Gasteiger charge is -2.10. The van der Waals surface area contributed by atoms with Crippen LogP contribution in [0, 0.1) is 13.8 Å². The van der Waals surface area contributed by atoms with Crippen molar-refractivity contribution in [3.05, 3.63) is 59.0 Å². The van der Waals surface area contributed by atoms with Crippen molar-refractivity contribution in [2.45, 2.75) is 34.1 Å². The van der Waals surface area contributed by atoms with Gasteiger partial charge in [-0.25, -0.2) is 4.98 Å². The van der Waals surface area contributed by atoms with Crippen molar-refractivity contribution in [2.75, 3.05) is 11.9 Å². The van der Waals surface area contributed by atoms with Crippen LogP contribution in [0.15, 0.2) is 36.5 Å². The number of carbonyl (C=O) groups excluding carboxylic acids is 1. The number of benzene rings is 1. The number of amides is 1. The van der Waals surface area contributed by atoms with Gasteiger partial charge in [-0.05, 0) is 51.0 Å². The highest BCUT2D eigenvalue weighted by molar-refractivity contribution is 6.05. The normalized spacial score (nSPS) is 10.9. The fraction of sp³-hybridized carbons (Fsp3) is 0.300. The summed E-state index contributed by atoms with van der Waals surface area (Å²) in [7, 11) is 0. The molecule has 5 heteroatoms. The van der Waals surface area contributed by atoms with Gasteiger partial charge in [-0.2, -0.15) is 0 Å². The molecule has 2 heterocycles. The van der Waals surface area contributed by atoms with E-state index in [-0.39, 0.29) is 5.91 Å². The Labute approximate surface area is 147 Å². The number of fused-ring (bicyclic) bond motifs is 1. The summed E-state index contributed by atoms with van der Waals surface area (Å²) in [6.45, 7) is 8.51. The molecule has 0 aliphatic heterocycles. The summed E-state index contributed by atoms with van der Waals surface area (Å²) < 4.78 is 7.46. The first-order chi connectivity index (χ1) is 12.0. The monoisotopic (exact) mass is 337 g/mol. The summed E-state index contributed by atoms with van der Waals surface area (Å²) in [6, 6.07) is 9.72. The predicted octanol–water partition coefficient (Wildman–Crippen LogP) is 4.16. The van der Waals surface area contributed by atoms with Gasteiger partial charge in [-0.1, -0.05) is 24.6 Å². The molecule has 0 saturated carbocycles. The average molecular weight is 337 g/mol. The molecule has 2 aromatic heterocycles. The number of anilines is 1. The Kier molecular flexibility index (Phi) is 4.74. The van der Waals surface area contributed by atoms with Crippen LogP contribution in [0.5, 0.6) is 5.75 Å². The molecular formula is C20H23N3O2. The zero-order chi connectivity index (χ0) is 18.0. The molecule has 1 aromatic carbocycles. The fourth-order valence-corrected chi connectivity index (χ4v) is 2.98. The molecule has 0 radical (unpaired) electrons. The van der Waals surface area contributed by atoms with Gasteiger partial charge in [0.2, 0.25) is 0 Å². The van der Waals surface area contributed by atoms with E-state index in [1.54, 1.807) is 0 Å². The van der Waals surface area contributed by atoms with Crippen molar-refractivity contribution < 1.29 is 9.53 Å². The third kappa shape index (κ3) is 3.22. The Balaban J connectivity index is 2.04. The van der Waals surface area contributed by atoms with E-state index in [1.165, 1.54) is 5.56 Å². The van der Waals surface area contributed by atoms with Gasteiger partial charge in [0.1, 0.15) is 5.69 Å². The summed E-state index contributed by atoms with van der Waals surface area (Å²) in [5, 5.41) is 3.02. The highest BCUT2D eigenvalue weighted by Gasteiger charge is 2.20. The minimum atomic E-state index is -0.162. The van der Waals surface area contributed by atoms with Gasteiger partial charge in [0, 0.05) is 11.9 Å². The SMILES string of the molecule is CCOc1cccn2c(C(=O)Nc3ccc(C)cc3C)c(CC)nc12. The van der Waals surface area contributed by atoms with E-state index in [4.69, 9.17) is 4.74 Å². The number of hydrogen-bond donors (Lipinski definition) is 1. The number of ether oxygens (including phenoxy) is 1. The Morgan fingerprint density at radius 1 is 1.24 bits per heavy atom. The Bertz CT molecular complexity index is 928. The molecule has 25 heavy (non-hydrogen) atoms. The van der Waals surface area contributed by atoms with E-state index >= 15 is 0 Å². The average Bonchev–Trinajstić information content (AvgIpc) is 2.97. The van der Waals surface area contributed by atoms with Crippen molar-refractivity contribution in [1.29, 1.82) is 0 Å². The Hall–Kier alpha value is -2.82. The number of imidazole rings is 1. The van der Waals surface area contributed by atoms with Crippen molar-refractivity contribution >= 4 is 17.2 Å². The van der Waals surface area contributed by atoms with Crippen LogP contribution in [0.4, 0.5) is 5.69 Å². The van der Waals surface area contributed by atoms with Gasteiger partial charge in [0.25, 0.3) is 5.91 Å². The second kappa shape index (κ2) is 6.97. The van der Waals surface area contributed by atoms with Gasteiger partial charge in [-0.3, -0.25) is 9.20 Å². The van der Waals surface area contributed by atoms with E-state index in [2.05, 4.69) is 16.4 Å². The quantitative estimate of drug-likeness (QED) is 0.760. The van der Waals surface area contributed by atoms with E-state index in [0.717, 1.165) is 16.9 Å². The first-order valence-electron chi connectivity index (χ1n) is 8.56. The maximum atomic E-state index is 13.0. The molecule has 130 valence electrons. The largest absolute Gasteiger partial charge is 0.490 e. The van der Waals surface area contributed by atoms with Crippen molar-refractivity contribution in [3.8, 4) is 5.75 Å². The smallest absolute Gasteiger partial charge is 0.274 e. The third-order valence-electron chi connectivity index (χ3n) is 4.17. The molecule has 5 nitrogen and oxygen atoms in total. The number of pyridine rings is 1. The molecule has 3 aromatic rings. The van der Waals surface area contributed by atoms with E-state index in [1.807, 2.05) is 62.6 Å². The number of nitrogens with zero attached hydrogens (tertiary/aromatic N) is 2. The molecule has 0 unspecified atom stereocenters. The number of aromatic nitrogens is 2. The molecular weight excluding hydrogens is 314 g/mol. The topological polar surface area (TPSA) is 55.6 Å². The molecule has 0 atom stereocenters. The van der Waals surface area contributed by atoms with E-state index < -0.39 is 0 Å². The predicted molar refractivity (Wildman–Crippen MR) is 99.6 cm³/mol. The number of aryl methyl sites for hydroxylation is 3. The second-order valence-electron chi connectivity index (χ2n) is 6.03. The number of nitrogens with one attached hydrogen (secondary N) is 1. The fourth-order valence-electron chi connectivity index (χ4n) is 2.98. The van der Waals surface area contributed by atoms with Crippen LogP contribution >= 0.6 is 0 Å². The van der Waals surface area contributed by atoms with Gasteiger partial charge in [0.05, 0.1) is 12.3 Å². The molecule has 3 rings (SSSR count). The van der Waals surface area contributed by atoms with Crippen LogP contribution in [-0.2, 0) is 6.42 Å². The van der Waals surface area contributed by atoms with Crippen molar-refractivity contribution in [1.82, 2.24) is 9.38 Å². The zero-order valence-corrected chi connectivity index (χ0v) is 15.1. The maximum Gasteiger partial charge on any atom is 0.274 e. The minimum Gasteiger partial charge on any atom is -0.490 e. The van der Waals surface area contributed by atoms with Crippen LogP contribution in [0.3, 0.4) is 0 Å². The summed E-state index contributed by atoms with van der Waals surface area (Å²) in [6.07, 6.45) is 2.52. The van der Waals surface area contributed by atoms with E-state index in [0.29, 0.717) is 30.1 Å². The van der Waals surface area contributed by atoms with Crippen LogP contribution < -0.4 is 10.1 Å². The molecule has 0 saturated heterocycles. The van der Waals surface area contributed by atoms with Gasteiger partial charge < -0.3 is 10.1 Å². The third-order valence-corrected chi connectivity index (χ3v) is 4.17. The first-order valence-corrected chi connectivity index (χ1v) is 8.56. The van der Waals surface area contributed by atoms with E-state index in [9.17, 15) is 4.79 Å². The number of rotatable bonds is 5. The summed E-state index contributed by atoms with van der Waals surface area (Å²) in [5.74, 6) is 0.523. The lowest BCUT2D eigenvalue weighted by Crippen LogP contribution is -2.17. The maximum absolute atomic E-state index is 13.0. The first kappa shape index (κ1) is 17.0. The highest BCUT2D eigenvalue weighted by atomic mass is 16.5. The van der Waals surface area contributed by atoms with Gasteiger partial charge >= 0.3 is 0 Å². The molecule has 0 aliphatic rings.